The fourth-order valence-corrected chi connectivity index (χ4v) is 6.16. The van der Waals surface area contributed by atoms with Crippen LogP contribution in [0, 0.1) is 17.0 Å². The molecular formula is C29H22BrF2N3O4. The molecule has 0 atom stereocenters. The summed E-state index contributed by atoms with van der Waals surface area (Å²) in [6.07, 6.45) is 2.06. The molecule has 39 heavy (non-hydrogen) atoms. The summed E-state index contributed by atoms with van der Waals surface area (Å²) in [5.41, 5.74) is 1.09. The van der Waals surface area contributed by atoms with E-state index in [-0.39, 0.29) is 27.4 Å². The minimum absolute atomic E-state index is 0.0481. The van der Waals surface area contributed by atoms with E-state index >= 15 is 0 Å². The van der Waals surface area contributed by atoms with E-state index in [1.807, 2.05) is 0 Å². The van der Waals surface area contributed by atoms with Crippen LogP contribution in [0.3, 0.4) is 0 Å². The highest BCUT2D eigenvalue weighted by atomic mass is 79.9. The number of hydrogen-bond acceptors (Lipinski definition) is 4. The molecule has 1 saturated heterocycles. The first-order valence-electron chi connectivity index (χ1n) is 12.5. The topological polar surface area (TPSA) is 86.8 Å². The molecule has 3 aromatic carbocycles. The molecule has 1 aliphatic carbocycles. The van der Waals surface area contributed by atoms with Crippen LogP contribution < -0.4 is 10.2 Å². The van der Waals surface area contributed by atoms with Gasteiger partial charge in [-0.1, -0.05) is 12.1 Å². The zero-order chi connectivity index (χ0) is 27.5. The molecule has 1 N–H and O–H groups in total. The number of halogens is 3. The Morgan fingerprint density at radius 1 is 0.923 bits per heavy atom. The van der Waals surface area contributed by atoms with Crippen molar-refractivity contribution in [1.82, 2.24) is 10.2 Å². The maximum atomic E-state index is 14.1. The van der Waals surface area contributed by atoms with Crippen LogP contribution in [-0.2, 0) is 0 Å². The Morgan fingerprint density at radius 3 is 2.21 bits per heavy atom. The average molecular weight is 594 g/mol. The third kappa shape index (κ3) is 4.32. The van der Waals surface area contributed by atoms with Crippen molar-refractivity contribution in [2.24, 2.45) is 5.41 Å². The van der Waals surface area contributed by atoms with E-state index in [9.17, 15) is 28.0 Å². The van der Waals surface area contributed by atoms with Crippen molar-refractivity contribution < 1.29 is 28.0 Å². The van der Waals surface area contributed by atoms with Gasteiger partial charge in [0.2, 0.25) is 0 Å². The number of nitrogens with zero attached hydrogens (tertiary/aromatic N) is 2. The van der Waals surface area contributed by atoms with Gasteiger partial charge >= 0.3 is 0 Å². The van der Waals surface area contributed by atoms with E-state index < -0.39 is 29.4 Å². The number of amides is 4. The highest BCUT2D eigenvalue weighted by Gasteiger charge is 2.50. The van der Waals surface area contributed by atoms with Crippen LogP contribution in [0.4, 0.5) is 14.5 Å². The number of carbonyl (C=O) groups excluding carboxylic acids is 4. The molecule has 0 unspecified atom stereocenters. The monoisotopic (exact) mass is 593 g/mol. The number of carbonyl (C=O) groups is 4. The smallest absolute Gasteiger partial charge is 0.266 e. The first-order valence-corrected chi connectivity index (χ1v) is 13.3. The molecule has 10 heteroatoms. The third-order valence-electron chi connectivity index (χ3n) is 7.84. The fraction of sp³-hybridized carbons (Fsp3) is 0.241. The second-order valence-corrected chi connectivity index (χ2v) is 11.2. The maximum absolute atomic E-state index is 14.1. The predicted octanol–water partition coefficient (Wildman–Crippen LogP) is 4.95. The van der Waals surface area contributed by atoms with Gasteiger partial charge in [0.15, 0.2) is 0 Å². The lowest BCUT2D eigenvalue weighted by Gasteiger charge is -2.45. The zero-order valence-corrected chi connectivity index (χ0v) is 22.1. The molecule has 0 bridgehead atoms. The summed E-state index contributed by atoms with van der Waals surface area (Å²) in [5, 5.41) is 2.77. The summed E-state index contributed by atoms with van der Waals surface area (Å²) in [7, 11) is 0. The Morgan fingerprint density at radius 2 is 1.56 bits per heavy atom. The molecular weight excluding hydrogens is 572 g/mol. The van der Waals surface area contributed by atoms with Gasteiger partial charge in [-0.2, -0.15) is 0 Å². The molecule has 1 spiro atoms. The quantitative estimate of drug-likeness (QED) is 0.342. The lowest BCUT2D eigenvalue weighted by atomic mass is 9.65. The highest BCUT2D eigenvalue weighted by Crippen LogP contribution is 2.48. The van der Waals surface area contributed by atoms with Crippen LogP contribution in [0.25, 0.3) is 0 Å². The lowest BCUT2D eigenvalue weighted by molar-refractivity contribution is 0.0608. The molecule has 2 fully saturated rings. The Balaban J connectivity index is 1.06. The Bertz CT molecular complexity index is 1520. The molecule has 3 aliphatic rings. The van der Waals surface area contributed by atoms with Crippen molar-refractivity contribution in [3.05, 3.63) is 99.0 Å². The van der Waals surface area contributed by atoms with Crippen LogP contribution in [-0.4, -0.2) is 47.7 Å². The largest absolute Gasteiger partial charge is 0.349 e. The highest BCUT2D eigenvalue weighted by molar-refractivity contribution is 9.10. The van der Waals surface area contributed by atoms with Crippen LogP contribution in [0.2, 0.25) is 0 Å². The average Bonchev–Trinajstić information content (AvgIpc) is 3.46. The van der Waals surface area contributed by atoms with Crippen LogP contribution >= 0.6 is 15.9 Å². The van der Waals surface area contributed by atoms with Crippen molar-refractivity contribution in [2.45, 2.75) is 25.3 Å². The van der Waals surface area contributed by atoms with Crippen molar-refractivity contribution in [3.63, 3.8) is 0 Å². The molecule has 6 rings (SSSR count). The van der Waals surface area contributed by atoms with E-state index in [0.717, 1.165) is 23.5 Å². The van der Waals surface area contributed by atoms with Gasteiger partial charge in [-0.25, -0.2) is 13.7 Å². The lowest BCUT2D eigenvalue weighted by Crippen LogP contribution is -2.52. The molecule has 1 saturated carbocycles. The number of imide groups is 1. The summed E-state index contributed by atoms with van der Waals surface area (Å²) in [6.45, 7) is 1.09. The third-order valence-corrected chi connectivity index (χ3v) is 8.45. The maximum Gasteiger partial charge on any atom is 0.266 e. The Labute approximate surface area is 230 Å². The summed E-state index contributed by atoms with van der Waals surface area (Å²) < 4.78 is 27.9. The molecule has 0 aromatic heterocycles. The second-order valence-electron chi connectivity index (χ2n) is 10.3. The van der Waals surface area contributed by atoms with Gasteiger partial charge in [0.25, 0.3) is 23.6 Å². The van der Waals surface area contributed by atoms with Gasteiger partial charge < -0.3 is 10.2 Å². The Kier molecular flexibility index (Phi) is 6.10. The first-order chi connectivity index (χ1) is 18.7. The zero-order valence-electron chi connectivity index (χ0n) is 20.5. The number of likely N-dealkylation sites (tertiary alicyclic amines) is 1. The van der Waals surface area contributed by atoms with Crippen molar-refractivity contribution >= 4 is 45.2 Å². The number of anilines is 1. The minimum atomic E-state index is -0.804. The molecule has 3 aromatic rings. The van der Waals surface area contributed by atoms with Crippen LogP contribution in [0.5, 0.6) is 0 Å². The van der Waals surface area contributed by atoms with E-state index in [2.05, 4.69) is 21.2 Å². The van der Waals surface area contributed by atoms with Gasteiger partial charge in [-0.05, 0) is 89.1 Å². The van der Waals surface area contributed by atoms with Crippen molar-refractivity contribution in [2.75, 3.05) is 18.0 Å². The molecule has 198 valence electrons. The Hall–Kier alpha value is -3.92. The van der Waals surface area contributed by atoms with Crippen molar-refractivity contribution in [1.29, 1.82) is 0 Å². The molecule has 0 radical (unpaired) electrons. The van der Waals surface area contributed by atoms with Gasteiger partial charge in [-0.3, -0.25) is 19.2 Å². The molecule has 2 aliphatic heterocycles. The summed E-state index contributed by atoms with van der Waals surface area (Å²) in [5.74, 6) is -3.12. The standard InChI is InChI=1S/C29H22BrF2N3O4/c30-22-12-23(31)21(11-24(22)32)25(36)33-17-13-29(14-17)9-10-34(15-29)26(37)16-5-7-18(8-6-16)35-27(38)19-3-1-2-4-20(19)28(35)39/h1-8,11-12,17H,9-10,13-15H2,(H,33,36). The van der Waals surface area contributed by atoms with Gasteiger partial charge in [-0.15, -0.1) is 0 Å². The summed E-state index contributed by atoms with van der Waals surface area (Å²) in [6, 6.07) is 14.7. The predicted molar refractivity (Wildman–Crippen MR) is 142 cm³/mol. The van der Waals surface area contributed by atoms with Crippen LogP contribution in [0.15, 0.2) is 65.1 Å². The molecule has 7 nitrogen and oxygen atoms in total. The molecule has 2 heterocycles. The van der Waals surface area contributed by atoms with Crippen molar-refractivity contribution in [3.8, 4) is 0 Å². The summed E-state index contributed by atoms with van der Waals surface area (Å²) in [4.78, 5) is 54.0. The number of fused-ring (bicyclic) bond motifs is 1. The number of hydrogen-bond donors (Lipinski definition) is 1. The number of benzene rings is 3. The second kappa shape index (κ2) is 9.37. The van der Waals surface area contributed by atoms with E-state index in [1.54, 1.807) is 53.4 Å². The summed E-state index contributed by atoms with van der Waals surface area (Å²) >= 11 is 2.90. The van der Waals surface area contributed by atoms with E-state index in [4.69, 9.17) is 0 Å². The minimum Gasteiger partial charge on any atom is -0.349 e. The van der Waals surface area contributed by atoms with Gasteiger partial charge in [0.05, 0.1) is 26.9 Å². The first kappa shape index (κ1) is 25.4. The van der Waals surface area contributed by atoms with Gasteiger partial charge in [0.1, 0.15) is 11.6 Å². The van der Waals surface area contributed by atoms with E-state index in [0.29, 0.717) is 48.3 Å². The fourth-order valence-electron chi connectivity index (χ4n) is 5.85. The number of nitrogens with one attached hydrogen (secondary N) is 1. The van der Waals surface area contributed by atoms with E-state index in [1.165, 1.54) is 0 Å². The van der Waals surface area contributed by atoms with Crippen LogP contribution in [0.1, 0.15) is 60.7 Å². The number of rotatable bonds is 4. The van der Waals surface area contributed by atoms with Gasteiger partial charge in [0, 0.05) is 24.7 Å². The normalized spacial score (nSPS) is 21.8. The SMILES string of the molecule is O=C(NC1CC2(CCN(C(=O)c3ccc(N4C(=O)c5ccccc5C4=O)cc3)C2)C1)c1cc(F)c(Br)cc1F. The molecule has 4 amide bonds.